The highest BCUT2D eigenvalue weighted by atomic mass is 14.0. The zero-order valence-corrected chi connectivity index (χ0v) is 9.88. The zero-order valence-electron chi connectivity index (χ0n) is 9.88. The summed E-state index contributed by atoms with van der Waals surface area (Å²) in [5.74, 6) is 0. The highest BCUT2D eigenvalue weighted by Gasteiger charge is 1.94. The largest absolute Gasteiger partial charge is 0.0874 e. The van der Waals surface area contributed by atoms with E-state index in [1.165, 1.54) is 11.1 Å². The Hall–Kier alpha value is -1.04. The number of allylic oxidation sites excluding steroid dienone is 8. The zero-order chi connectivity index (χ0) is 10.8. The van der Waals surface area contributed by atoms with Crippen LogP contribution in [0.1, 0.15) is 40.5 Å². The molecular formula is C14H22. The van der Waals surface area contributed by atoms with Gasteiger partial charge in [0.15, 0.2) is 0 Å². The Morgan fingerprint density at radius 2 is 1.07 bits per heavy atom. The summed E-state index contributed by atoms with van der Waals surface area (Å²) >= 11 is 0. The third-order valence-electron chi connectivity index (χ3n) is 2.21. The Balaban J connectivity index is 4.15. The van der Waals surface area contributed by atoms with E-state index in [-0.39, 0.29) is 0 Å². The van der Waals surface area contributed by atoms with Crippen LogP contribution < -0.4 is 0 Å². The van der Waals surface area contributed by atoms with Crippen LogP contribution in [0.3, 0.4) is 0 Å². The first-order valence-electron chi connectivity index (χ1n) is 5.34. The maximum absolute atomic E-state index is 2.18. The highest BCUT2D eigenvalue weighted by molar-refractivity contribution is 5.23. The molecular weight excluding hydrogens is 168 g/mol. The molecule has 0 bridgehead atoms. The van der Waals surface area contributed by atoms with Crippen molar-refractivity contribution < 1.29 is 0 Å². The van der Waals surface area contributed by atoms with Gasteiger partial charge in [0.1, 0.15) is 0 Å². The van der Waals surface area contributed by atoms with E-state index in [9.17, 15) is 0 Å². The molecule has 0 spiro atoms. The van der Waals surface area contributed by atoms with Crippen molar-refractivity contribution in [2.45, 2.75) is 40.5 Å². The predicted octanol–water partition coefficient (Wildman–Crippen LogP) is 4.81. The molecule has 0 aromatic heterocycles. The van der Waals surface area contributed by atoms with Crippen LogP contribution in [-0.2, 0) is 0 Å². The topological polar surface area (TPSA) is 0 Å². The summed E-state index contributed by atoms with van der Waals surface area (Å²) in [6, 6.07) is 0. The Bertz CT molecular complexity index is 221. The molecule has 78 valence electrons. The van der Waals surface area contributed by atoms with Crippen molar-refractivity contribution in [1.82, 2.24) is 0 Å². The van der Waals surface area contributed by atoms with E-state index < -0.39 is 0 Å². The van der Waals surface area contributed by atoms with Crippen LogP contribution in [0.25, 0.3) is 0 Å². The Labute approximate surface area is 88.7 Å². The Morgan fingerprint density at radius 3 is 1.29 bits per heavy atom. The lowest BCUT2D eigenvalue weighted by atomic mass is 10.0. The number of hydrogen-bond acceptors (Lipinski definition) is 0. The molecule has 14 heavy (non-hydrogen) atoms. The molecule has 0 fully saturated rings. The quantitative estimate of drug-likeness (QED) is 0.546. The first kappa shape index (κ1) is 13.0. The third kappa shape index (κ3) is 5.58. The molecule has 0 unspecified atom stereocenters. The van der Waals surface area contributed by atoms with E-state index in [0.29, 0.717) is 0 Å². The van der Waals surface area contributed by atoms with E-state index in [2.05, 4.69) is 64.2 Å². The lowest BCUT2D eigenvalue weighted by molar-refractivity contribution is 0.963. The van der Waals surface area contributed by atoms with Gasteiger partial charge in [0.2, 0.25) is 0 Å². The molecule has 0 aromatic rings. The average Bonchev–Trinajstić information content (AvgIpc) is 2.22. The highest BCUT2D eigenvalue weighted by Crippen LogP contribution is 2.13. The lowest BCUT2D eigenvalue weighted by Gasteiger charge is -2.02. The van der Waals surface area contributed by atoms with Crippen molar-refractivity contribution in [3.05, 3.63) is 47.6 Å². The smallest absolute Gasteiger partial charge is 0.0242 e. The molecule has 0 N–H and O–H groups in total. The summed E-state index contributed by atoms with van der Waals surface area (Å²) in [5, 5.41) is 0. The Kier molecular flexibility index (Phi) is 7.92. The average molecular weight is 190 g/mol. The van der Waals surface area contributed by atoms with Crippen molar-refractivity contribution in [2.75, 3.05) is 0 Å². The summed E-state index contributed by atoms with van der Waals surface area (Å²) < 4.78 is 0. The molecule has 0 nitrogen and oxygen atoms in total. The number of rotatable bonds is 5. The van der Waals surface area contributed by atoms with Crippen LogP contribution in [0.2, 0.25) is 0 Å². The predicted molar refractivity (Wildman–Crippen MR) is 66.4 cm³/mol. The van der Waals surface area contributed by atoms with Gasteiger partial charge in [-0.05, 0) is 40.5 Å². The van der Waals surface area contributed by atoms with Gasteiger partial charge in [-0.3, -0.25) is 0 Å². The van der Waals surface area contributed by atoms with Crippen molar-refractivity contribution in [3.8, 4) is 0 Å². The maximum Gasteiger partial charge on any atom is -0.0242 e. The van der Waals surface area contributed by atoms with Crippen molar-refractivity contribution in [2.24, 2.45) is 0 Å². The summed E-state index contributed by atoms with van der Waals surface area (Å²) in [5.41, 5.74) is 2.83. The van der Waals surface area contributed by atoms with Gasteiger partial charge in [-0.2, -0.15) is 0 Å². The molecule has 0 amide bonds. The fourth-order valence-corrected chi connectivity index (χ4v) is 1.36. The second-order valence-electron chi connectivity index (χ2n) is 3.23. The van der Waals surface area contributed by atoms with Crippen molar-refractivity contribution in [3.63, 3.8) is 0 Å². The minimum atomic E-state index is 1.13. The number of hydrogen-bond donors (Lipinski definition) is 0. The van der Waals surface area contributed by atoms with Crippen LogP contribution in [-0.4, -0.2) is 0 Å². The van der Waals surface area contributed by atoms with Crippen LogP contribution in [0.4, 0.5) is 0 Å². The van der Waals surface area contributed by atoms with Crippen molar-refractivity contribution in [1.29, 1.82) is 0 Å². The van der Waals surface area contributed by atoms with E-state index >= 15 is 0 Å². The molecule has 0 aliphatic rings. The van der Waals surface area contributed by atoms with E-state index in [4.69, 9.17) is 0 Å². The molecule has 0 atom stereocenters. The van der Waals surface area contributed by atoms with Gasteiger partial charge in [0.25, 0.3) is 0 Å². The molecule has 0 heterocycles. The maximum atomic E-state index is 2.18. The first-order chi connectivity index (χ1) is 6.78. The van der Waals surface area contributed by atoms with Crippen LogP contribution >= 0.6 is 0 Å². The molecule has 0 heteroatoms. The molecule has 0 radical (unpaired) electrons. The fourth-order valence-electron chi connectivity index (χ4n) is 1.36. The molecule has 0 aliphatic heterocycles. The van der Waals surface area contributed by atoms with Crippen LogP contribution in [0, 0.1) is 0 Å². The van der Waals surface area contributed by atoms with Gasteiger partial charge in [0, 0.05) is 0 Å². The van der Waals surface area contributed by atoms with Gasteiger partial charge < -0.3 is 0 Å². The molecule has 0 rings (SSSR count). The van der Waals surface area contributed by atoms with Gasteiger partial charge in [-0.1, -0.05) is 47.6 Å². The van der Waals surface area contributed by atoms with E-state index in [0.717, 1.165) is 12.8 Å². The summed E-state index contributed by atoms with van der Waals surface area (Å²) in [7, 11) is 0. The summed E-state index contributed by atoms with van der Waals surface area (Å²) in [4.78, 5) is 0. The summed E-state index contributed by atoms with van der Waals surface area (Å²) in [6.45, 7) is 8.32. The first-order valence-corrected chi connectivity index (χ1v) is 5.34. The van der Waals surface area contributed by atoms with Crippen molar-refractivity contribution >= 4 is 0 Å². The lowest BCUT2D eigenvalue weighted by Crippen LogP contribution is -1.82. The van der Waals surface area contributed by atoms with Gasteiger partial charge in [-0.25, -0.2) is 0 Å². The van der Waals surface area contributed by atoms with Gasteiger partial charge in [-0.15, -0.1) is 0 Å². The molecule has 0 saturated carbocycles. The fraction of sp³-hybridized carbons (Fsp3) is 0.429. The summed E-state index contributed by atoms with van der Waals surface area (Å²) in [6.07, 6.45) is 15.2. The third-order valence-corrected chi connectivity index (χ3v) is 2.21. The van der Waals surface area contributed by atoms with Crippen LogP contribution in [0.5, 0.6) is 0 Å². The standard InChI is InChI=1S/C14H22/c1-5-9-13(7-3)11-12-14(8-4)10-6-2/h5-10H,11-12H2,1-4H3/b9-5-,10-6-,13-7+,14-8+. The van der Waals surface area contributed by atoms with Gasteiger partial charge >= 0.3 is 0 Å². The monoisotopic (exact) mass is 190 g/mol. The normalized spacial score (nSPS) is 14.6. The minimum Gasteiger partial charge on any atom is -0.0874 e. The molecule has 0 aromatic carbocycles. The van der Waals surface area contributed by atoms with E-state index in [1.807, 2.05) is 0 Å². The second-order valence-corrected chi connectivity index (χ2v) is 3.23. The minimum absolute atomic E-state index is 1.13. The van der Waals surface area contributed by atoms with Gasteiger partial charge in [0.05, 0.1) is 0 Å². The molecule has 0 saturated heterocycles. The molecule has 0 aliphatic carbocycles. The van der Waals surface area contributed by atoms with Crippen LogP contribution in [0.15, 0.2) is 47.6 Å². The SMILES string of the molecule is C/C=C\C(=C/C)CCC(/C=C\C)=C/C. The Morgan fingerprint density at radius 1 is 0.714 bits per heavy atom. The second kappa shape index (κ2) is 8.55. The van der Waals surface area contributed by atoms with E-state index in [1.54, 1.807) is 0 Å².